The topological polar surface area (TPSA) is 128 Å². The lowest BCUT2D eigenvalue weighted by atomic mass is 10.2. The standard InChI is InChI=1S/C24H20N6O4S/c1-16-13-18(14-26-27-24-12-7-21(15-25-24)30(33)34)17(2)28(16)19-3-8-22(9-4-19)35-23-10-5-20(6-11-23)29(31)32/h3-15H,1-2H3,(H,25,27). The van der Waals surface area contributed by atoms with Gasteiger partial charge in [-0.25, -0.2) is 4.98 Å². The highest BCUT2D eigenvalue weighted by molar-refractivity contribution is 7.99. The van der Waals surface area contributed by atoms with E-state index < -0.39 is 9.85 Å². The first-order chi connectivity index (χ1) is 16.8. The van der Waals surface area contributed by atoms with Crippen LogP contribution in [0.2, 0.25) is 0 Å². The van der Waals surface area contributed by atoms with Crippen LogP contribution < -0.4 is 5.43 Å². The van der Waals surface area contributed by atoms with Crippen molar-refractivity contribution in [2.24, 2.45) is 5.10 Å². The molecule has 0 fully saturated rings. The largest absolute Gasteiger partial charge is 0.318 e. The first kappa shape index (κ1) is 23.6. The maximum atomic E-state index is 10.8. The van der Waals surface area contributed by atoms with Crippen molar-refractivity contribution < 1.29 is 9.85 Å². The molecule has 0 atom stereocenters. The minimum atomic E-state index is -0.504. The van der Waals surface area contributed by atoms with Gasteiger partial charge >= 0.3 is 0 Å². The van der Waals surface area contributed by atoms with Gasteiger partial charge in [0.15, 0.2) is 0 Å². The molecule has 4 aromatic rings. The van der Waals surface area contributed by atoms with Gasteiger partial charge in [-0.05, 0) is 62.4 Å². The van der Waals surface area contributed by atoms with Gasteiger partial charge in [0.25, 0.3) is 11.4 Å². The highest BCUT2D eigenvalue weighted by Crippen LogP contribution is 2.30. The molecule has 4 rings (SSSR count). The van der Waals surface area contributed by atoms with Crippen LogP contribution >= 0.6 is 11.8 Å². The van der Waals surface area contributed by atoms with Gasteiger partial charge < -0.3 is 4.57 Å². The Labute approximate surface area is 204 Å². The number of nitrogens with one attached hydrogen (secondary N) is 1. The summed E-state index contributed by atoms with van der Waals surface area (Å²) in [4.78, 5) is 26.5. The van der Waals surface area contributed by atoms with Crippen molar-refractivity contribution >= 4 is 35.2 Å². The number of benzene rings is 2. The van der Waals surface area contributed by atoms with Crippen LogP contribution in [0.15, 0.2) is 87.8 Å². The minimum absolute atomic E-state index is 0.0711. The van der Waals surface area contributed by atoms with Crippen molar-refractivity contribution in [3.63, 3.8) is 0 Å². The molecule has 0 unspecified atom stereocenters. The summed E-state index contributed by atoms with van der Waals surface area (Å²) in [7, 11) is 0. The van der Waals surface area contributed by atoms with E-state index in [9.17, 15) is 20.2 Å². The summed E-state index contributed by atoms with van der Waals surface area (Å²) >= 11 is 1.53. The Balaban J connectivity index is 1.45. The molecular weight excluding hydrogens is 468 g/mol. The summed E-state index contributed by atoms with van der Waals surface area (Å²) < 4.78 is 2.12. The number of rotatable bonds is 8. The molecule has 176 valence electrons. The molecule has 35 heavy (non-hydrogen) atoms. The Hall–Kier alpha value is -4.51. The van der Waals surface area contributed by atoms with Gasteiger partial charge in [0.05, 0.1) is 16.1 Å². The fraction of sp³-hybridized carbons (Fsp3) is 0.0833. The number of hydrogen-bond acceptors (Lipinski definition) is 8. The number of aromatic nitrogens is 2. The zero-order valence-corrected chi connectivity index (χ0v) is 19.6. The van der Waals surface area contributed by atoms with Crippen molar-refractivity contribution in [1.29, 1.82) is 0 Å². The molecule has 0 saturated carbocycles. The fourth-order valence-electron chi connectivity index (χ4n) is 3.48. The number of nitrogens with zero attached hydrogens (tertiary/aromatic N) is 5. The van der Waals surface area contributed by atoms with Gasteiger partial charge in [-0.3, -0.25) is 25.7 Å². The van der Waals surface area contributed by atoms with E-state index in [0.29, 0.717) is 5.82 Å². The van der Waals surface area contributed by atoms with Crippen LogP contribution in [0.1, 0.15) is 17.0 Å². The fourth-order valence-corrected chi connectivity index (χ4v) is 4.30. The lowest BCUT2D eigenvalue weighted by molar-refractivity contribution is -0.385. The summed E-state index contributed by atoms with van der Waals surface area (Å²) in [6.45, 7) is 4.01. The van der Waals surface area contributed by atoms with E-state index in [1.165, 1.54) is 42.2 Å². The number of aryl methyl sites for hydroxylation is 1. The first-order valence-corrected chi connectivity index (χ1v) is 11.2. The van der Waals surface area contributed by atoms with E-state index in [4.69, 9.17) is 0 Å². The Morgan fingerprint density at radius 3 is 2.09 bits per heavy atom. The predicted molar refractivity (Wildman–Crippen MR) is 135 cm³/mol. The highest BCUT2D eigenvalue weighted by Gasteiger charge is 2.11. The molecule has 10 nitrogen and oxygen atoms in total. The van der Waals surface area contributed by atoms with Crippen molar-refractivity contribution in [2.45, 2.75) is 23.6 Å². The molecule has 0 aliphatic carbocycles. The summed E-state index contributed by atoms with van der Waals surface area (Å²) in [5.41, 5.74) is 6.72. The number of nitro benzene ring substituents is 1. The average Bonchev–Trinajstić information content (AvgIpc) is 3.13. The zero-order chi connectivity index (χ0) is 24.9. The summed E-state index contributed by atoms with van der Waals surface area (Å²) in [5.74, 6) is 0.404. The van der Waals surface area contributed by atoms with E-state index >= 15 is 0 Å². The van der Waals surface area contributed by atoms with Crippen LogP contribution in [0.5, 0.6) is 0 Å². The molecule has 2 aromatic heterocycles. The van der Waals surface area contributed by atoms with Crippen molar-refractivity contribution in [3.05, 3.63) is 110 Å². The first-order valence-electron chi connectivity index (χ1n) is 10.4. The van der Waals surface area contributed by atoms with Crippen LogP contribution in [0.25, 0.3) is 5.69 Å². The van der Waals surface area contributed by atoms with Crippen LogP contribution in [0.4, 0.5) is 17.2 Å². The van der Waals surface area contributed by atoms with Gasteiger partial charge in [0.1, 0.15) is 12.0 Å². The van der Waals surface area contributed by atoms with Crippen molar-refractivity contribution in [3.8, 4) is 5.69 Å². The predicted octanol–water partition coefficient (Wildman–Crippen LogP) is 5.90. The lowest BCUT2D eigenvalue weighted by Crippen LogP contribution is -2.00. The Morgan fingerprint density at radius 1 is 0.914 bits per heavy atom. The number of non-ortho nitro benzene ring substituents is 1. The molecular formula is C24H20N6O4S. The molecule has 2 heterocycles. The average molecular weight is 489 g/mol. The van der Waals surface area contributed by atoms with E-state index in [1.54, 1.807) is 18.3 Å². The van der Waals surface area contributed by atoms with E-state index in [0.717, 1.165) is 32.4 Å². The van der Waals surface area contributed by atoms with Crippen LogP contribution in [0, 0.1) is 34.1 Å². The Kier molecular flexibility index (Phi) is 6.88. The number of anilines is 1. The number of hydrazone groups is 1. The third-order valence-corrected chi connectivity index (χ3v) is 6.21. The second-order valence-electron chi connectivity index (χ2n) is 7.54. The molecule has 2 aromatic carbocycles. The van der Waals surface area contributed by atoms with Gasteiger partial charge in [0.2, 0.25) is 0 Å². The molecule has 0 bridgehead atoms. The third-order valence-electron chi connectivity index (χ3n) is 5.19. The quantitative estimate of drug-likeness (QED) is 0.186. The minimum Gasteiger partial charge on any atom is -0.318 e. The van der Waals surface area contributed by atoms with Crippen molar-refractivity contribution in [1.82, 2.24) is 9.55 Å². The third kappa shape index (κ3) is 5.53. The maximum absolute atomic E-state index is 10.8. The number of nitro groups is 2. The molecule has 0 aliphatic heterocycles. The number of pyridine rings is 1. The van der Waals surface area contributed by atoms with Crippen molar-refractivity contribution in [2.75, 3.05) is 5.43 Å². The monoisotopic (exact) mass is 488 g/mol. The molecule has 0 saturated heterocycles. The summed E-state index contributed by atoms with van der Waals surface area (Å²) in [5, 5.41) is 25.7. The van der Waals surface area contributed by atoms with Gasteiger partial charge in [-0.2, -0.15) is 5.10 Å². The molecule has 0 amide bonds. The van der Waals surface area contributed by atoms with Crippen LogP contribution in [-0.2, 0) is 0 Å². The second kappa shape index (κ2) is 10.2. The van der Waals surface area contributed by atoms with Gasteiger partial charge in [-0.1, -0.05) is 11.8 Å². The highest BCUT2D eigenvalue weighted by atomic mass is 32.2. The second-order valence-corrected chi connectivity index (χ2v) is 8.68. The van der Waals surface area contributed by atoms with Crippen LogP contribution in [0.3, 0.4) is 0 Å². The maximum Gasteiger partial charge on any atom is 0.287 e. The summed E-state index contributed by atoms with van der Waals surface area (Å²) in [6.07, 6.45) is 2.86. The normalized spacial score (nSPS) is 11.0. The SMILES string of the molecule is Cc1cc(C=NNc2ccc([N+](=O)[O-])cn2)c(C)n1-c1ccc(Sc2ccc([N+](=O)[O-])cc2)cc1. The molecule has 1 N–H and O–H groups in total. The van der Waals surface area contributed by atoms with Crippen LogP contribution in [-0.4, -0.2) is 25.6 Å². The van der Waals surface area contributed by atoms with Gasteiger partial charge in [0, 0.05) is 50.6 Å². The van der Waals surface area contributed by atoms with E-state index in [-0.39, 0.29) is 11.4 Å². The Morgan fingerprint density at radius 2 is 1.51 bits per heavy atom. The zero-order valence-electron chi connectivity index (χ0n) is 18.8. The molecule has 11 heteroatoms. The summed E-state index contributed by atoms with van der Waals surface area (Å²) in [6, 6.07) is 19.4. The molecule has 0 radical (unpaired) electrons. The van der Waals surface area contributed by atoms with E-state index in [2.05, 4.69) is 20.1 Å². The lowest BCUT2D eigenvalue weighted by Gasteiger charge is -2.10. The van der Waals surface area contributed by atoms with Gasteiger partial charge in [-0.15, -0.1) is 0 Å². The molecule has 0 aliphatic rings. The molecule has 0 spiro atoms. The number of hydrogen-bond donors (Lipinski definition) is 1. The smallest absolute Gasteiger partial charge is 0.287 e. The Bertz CT molecular complexity index is 1400. The van der Waals surface area contributed by atoms with E-state index in [1.807, 2.05) is 44.2 Å².